The zero-order chi connectivity index (χ0) is 15.5. The second-order valence-electron chi connectivity index (χ2n) is 4.74. The van der Waals surface area contributed by atoms with Crippen molar-refractivity contribution in [3.05, 3.63) is 47.3 Å². The Balaban J connectivity index is 0.00000242. The summed E-state index contributed by atoms with van der Waals surface area (Å²) in [6, 6.07) is 5.84. The Hall–Kier alpha value is -1.73. The molecule has 8 heteroatoms. The molecule has 2 rings (SSSR count). The topological polar surface area (TPSA) is 49.9 Å². The summed E-state index contributed by atoms with van der Waals surface area (Å²) in [7, 11) is 0. The number of halogens is 4. The van der Waals surface area contributed by atoms with Gasteiger partial charge in [-0.15, -0.1) is 25.6 Å². The van der Waals surface area contributed by atoms with Crippen LogP contribution in [0.15, 0.2) is 30.5 Å². The Labute approximate surface area is 132 Å². The van der Waals surface area contributed by atoms with E-state index in [9.17, 15) is 13.2 Å². The molecule has 0 aliphatic carbocycles. The number of aromatic nitrogens is 2. The van der Waals surface area contributed by atoms with Gasteiger partial charge in [-0.25, -0.2) is 0 Å². The summed E-state index contributed by atoms with van der Waals surface area (Å²) in [4.78, 5) is 0. The lowest BCUT2D eigenvalue weighted by molar-refractivity contribution is -0.274. The molecule has 0 saturated carbocycles. The van der Waals surface area contributed by atoms with Crippen LogP contribution in [0, 0.1) is 6.92 Å². The minimum absolute atomic E-state index is 0. The van der Waals surface area contributed by atoms with Crippen molar-refractivity contribution >= 4 is 12.4 Å². The smallest absolute Gasteiger partial charge is 0.406 e. The van der Waals surface area contributed by atoms with Crippen molar-refractivity contribution in [3.63, 3.8) is 0 Å². The van der Waals surface area contributed by atoms with Gasteiger partial charge >= 0.3 is 6.36 Å². The number of nitrogens with zero attached hydrogens (tertiary/aromatic N) is 1. The van der Waals surface area contributed by atoms with Crippen molar-refractivity contribution in [1.29, 1.82) is 0 Å². The zero-order valence-corrected chi connectivity index (χ0v) is 12.9. The van der Waals surface area contributed by atoms with E-state index in [2.05, 4.69) is 20.3 Å². The summed E-state index contributed by atoms with van der Waals surface area (Å²) < 4.78 is 40.1. The Kier molecular flexibility index (Phi) is 6.25. The maximum atomic E-state index is 12.1. The second kappa shape index (κ2) is 7.51. The number of hydrogen-bond donors (Lipinski definition) is 2. The van der Waals surface area contributed by atoms with Crippen molar-refractivity contribution < 1.29 is 17.9 Å². The molecule has 1 atom stereocenters. The van der Waals surface area contributed by atoms with Gasteiger partial charge in [0.2, 0.25) is 0 Å². The van der Waals surface area contributed by atoms with Crippen molar-refractivity contribution in [2.45, 2.75) is 32.8 Å². The maximum absolute atomic E-state index is 12.1. The Bertz CT molecular complexity index is 584. The third kappa shape index (κ3) is 5.23. The highest BCUT2D eigenvalue weighted by molar-refractivity contribution is 5.85. The highest BCUT2D eigenvalue weighted by atomic mass is 35.5. The van der Waals surface area contributed by atoms with Gasteiger partial charge in [0.05, 0.1) is 6.20 Å². The maximum Gasteiger partial charge on any atom is 0.573 e. The summed E-state index contributed by atoms with van der Waals surface area (Å²) in [5.41, 5.74) is 2.92. The van der Waals surface area contributed by atoms with Gasteiger partial charge in [-0.3, -0.25) is 5.10 Å². The third-order valence-electron chi connectivity index (χ3n) is 3.15. The summed E-state index contributed by atoms with van der Waals surface area (Å²) in [5, 5.41) is 10.1. The molecule has 0 fully saturated rings. The van der Waals surface area contributed by atoms with Crippen LogP contribution >= 0.6 is 12.4 Å². The number of aryl methyl sites for hydroxylation is 1. The molecule has 2 aromatic rings. The van der Waals surface area contributed by atoms with Gasteiger partial charge in [0.1, 0.15) is 5.75 Å². The van der Waals surface area contributed by atoms with Crippen LogP contribution in [0.25, 0.3) is 0 Å². The standard InChI is InChI=1S/C14H16F3N3O.ClH/c1-9(18-7-12-8-19-20-10(12)2)11-3-5-13(6-4-11)21-14(15,16)17;/h3-6,8-9,18H,7H2,1-2H3,(H,19,20);1H. The van der Waals surface area contributed by atoms with E-state index in [4.69, 9.17) is 0 Å². The summed E-state index contributed by atoms with van der Waals surface area (Å²) in [5.74, 6) is -0.218. The van der Waals surface area contributed by atoms with E-state index in [-0.39, 0.29) is 24.2 Å². The lowest BCUT2D eigenvalue weighted by Crippen LogP contribution is -2.19. The summed E-state index contributed by atoms with van der Waals surface area (Å²) in [6.07, 6.45) is -2.92. The van der Waals surface area contributed by atoms with Crippen molar-refractivity contribution in [3.8, 4) is 5.75 Å². The first kappa shape index (κ1) is 18.3. The fraction of sp³-hybridized carbons (Fsp3) is 0.357. The minimum Gasteiger partial charge on any atom is -0.406 e. The molecule has 0 amide bonds. The molecule has 1 heterocycles. The van der Waals surface area contributed by atoms with Gasteiger partial charge in [0.25, 0.3) is 0 Å². The Morgan fingerprint density at radius 1 is 1.27 bits per heavy atom. The molecular weight excluding hydrogens is 319 g/mol. The predicted octanol–water partition coefficient (Wildman–Crippen LogP) is 3.89. The molecule has 0 spiro atoms. The molecule has 0 radical (unpaired) electrons. The van der Waals surface area contributed by atoms with Crippen LogP contribution in [0.5, 0.6) is 5.75 Å². The highest BCUT2D eigenvalue weighted by Crippen LogP contribution is 2.24. The van der Waals surface area contributed by atoms with E-state index in [1.807, 2.05) is 13.8 Å². The average molecular weight is 336 g/mol. The van der Waals surface area contributed by atoms with Crippen molar-refractivity contribution in [2.75, 3.05) is 0 Å². The number of hydrogen-bond acceptors (Lipinski definition) is 3. The Morgan fingerprint density at radius 2 is 1.91 bits per heavy atom. The first-order chi connectivity index (χ1) is 9.85. The van der Waals surface area contributed by atoms with Crippen molar-refractivity contribution in [1.82, 2.24) is 15.5 Å². The lowest BCUT2D eigenvalue weighted by Gasteiger charge is -2.15. The molecule has 1 aromatic carbocycles. The second-order valence-corrected chi connectivity index (χ2v) is 4.74. The van der Waals surface area contributed by atoms with Crippen LogP contribution in [-0.4, -0.2) is 16.6 Å². The normalized spacial score (nSPS) is 12.6. The van der Waals surface area contributed by atoms with Crippen LogP contribution in [-0.2, 0) is 6.54 Å². The third-order valence-corrected chi connectivity index (χ3v) is 3.15. The van der Waals surface area contributed by atoms with Gasteiger partial charge < -0.3 is 10.1 Å². The molecule has 1 aromatic heterocycles. The number of nitrogens with one attached hydrogen (secondary N) is 2. The van der Waals surface area contributed by atoms with Crippen LogP contribution in [0.2, 0.25) is 0 Å². The number of ether oxygens (including phenoxy) is 1. The summed E-state index contributed by atoms with van der Waals surface area (Å²) >= 11 is 0. The number of aromatic amines is 1. The Morgan fingerprint density at radius 3 is 2.41 bits per heavy atom. The van der Waals surface area contributed by atoms with Gasteiger partial charge in [-0.1, -0.05) is 12.1 Å². The summed E-state index contributed by atoms with van der Waals surface area (Å²) in [6.45, 7) is 4.50. The zero-order valence-electron chi connectivity index (χ0n) is 12.1. The van der Waals surface area contributed by atoms with E-state index in [0.29, 0.717) is 6.54 Å². The number of H-pyrrole nitrogens is 1. The molecule has 0 saturated heterocycles. The predicted molar refractivity (Wildman–Crippen MR) is 79.0 cm³/mol. The molecule has 0 bridgehead atoms. The van der Waals surface area contributed by atoms with Crippen LogP contribution in [0.1, 0.15) is 29.8 Å². The molecular formula is C14H17ClF3N3O. The van der Waals surface area contributed by atoms with E-state index >= 15 is 0 Å². The van der Waals surface area contributed by atoms with Crippen molar-refractivity contribution in [2.24, 2.45) is 0 Å². The average Bonchev–Trinajstić information content (AvgIpc) is 2.80. The minimum atomic E-state index is -4.66. The number of benzene rings is 1. The number of alkyl halides is 3. The molecule has 2 N–H and O–H groups in total. The quantitative estimate of drug-likeness (QED) is 0.871. The molecule has 0 aliphatic rings. The van der Waals surface area contributed by atoms with E-state index in [0.717, 1.165) is 16.8 Å². The lowest BCUT2D eigenvalue weighted by atomic mass is 10.1. The molecule has 0 aliphatic heterocycles. The van der Waals surface area contributed by atoms with E-state index in [1.54, 1.807) is 18.3 Å². The SMILES string of the molecule is Cc1[nH]ncc1CNC(C)c1ccc(OC(F)(F)F)cc1.Cl. The van der Waals surface area contributed by atoms with Gasteiger partial charge in [0, 0.05) is 23.8 Å². The molecule has 122 valence electrons. The fourth-order valence-corrected chi connectivity index (χ4v) is 1.89. The highest BCUT2D eigenvalue weighted by Gasteiger charge is 2.30. The van der Waals surface area contributed by atoms with E-state index in [1.165, 1.54) is 12.1 Å². The van der Waals surface area contributed by atoms with Crippen LogP contribution < -0.4 is 10.1 Å². The fourth-order valence-electron chi connectivity index (χ4n) is 1.89. The van der Waals surface area contributed by atoms with Crippen LogP contribution in [0.3, 0.4) is 0 Å². The van der Waals surface area contributed by atoms with E-state index < -0.39 is 6.36 Å². The molecule has 1 unspecified atom stereocenters. The first-order valence-corrected chi connectivity index (χ1v) is 6.43. The number of rotatable bonds is 5. The molecule has 4 nitrogen and oxygen atoms in total. The van der Waals surface area contributed by atoms with Crippen LogP contribution in [0.4, 0.5) is 13.2 Å². The van der Waals surface area contributed by atoms with Gasteiger partial charge in [-0.05, 0) is 31.5 Å². The molecule has 22 heavy (non-hydrogen) atoms. The monoisotopic (exact) mass is 335 g/mol. The van der Waals surface area contributed by atoms with Gasteiger partial charge in [-0.2, -0.15) is 5.10 Å². The first-order valence-electron chi connectivity index (χ1n) is 6.43. The van der Waals surface area contributed by atoms with Gasteiger partial charge in [0.15, 0.2) is 0 Å². The largest absolute Gasteiger partial charge is 0.573 e.